The molecule has 0 bridgehead atoms. The van der Waals surface area contributed by atoms with Gasteiger partial charge in [-0.1, -0.05) is 36.4 Å². The van der Waals surface area contributed by atoms with Crippen LogP contribution in [-0.4, -0.2) is 18.2 Å². The first-order chi connectivity index (χ1) is 10.6. The molecule has 0 fully saturated rings. The highest BCUT2D eigenvalue weighted by molar-refractivity contribution is 5.89. The Labute approximate surface area is 130 Å². The largest absolute Gasteiger partial charge is 0.438 e. The average Bonchev–Trinajstić information content (AvgIpc) is 2.56. The number of carbonyl (C=O) groups excluding carboxylic acids is 1. The highest BCUT2D eigenvalue weighted by atomic mass is 16.6. The van der Waals surface area contributed by atoms with Gasteiger partial charge in [0.2, 0.25) is 0 Å². The van der Waals surface area contributed by atoms with Crippen LogP contribution >= 0.6 is 0 Å². The number of hydrogen-bond acceptors (Lipinski definition) is 4. The van der Waals surface area contributed by atoms with Crippen LogP contribution in [0.25, 0.3) is 0 Å². The maximum Gasteiger partial charge on any atom is 0.340 e. The van der Waals surface area contributed by atoms with Gasteiger partial charge in [0.05, 0.1) is 11.6 Å². The van der Waals surface area contributed by atoms with E-state index in [9.17, 15) is 10.1 Å². The lowest BCUT2D eigenvalue weighted by Gasteiger charge is -2.32. The summed E-state index contributed by atoms with van der Waals surface area (Å²) in [4.78, 5) is 13.9. The second kappa shape index (κ2) is 7.28. The van der Waals surface area contributed by atoms with E-state index in [0.717, 1.165) is 5.69 Å². The van der Waals surface area contributed by atoms with E-state index in [0.29, 0.717) is 5.56 Å². The number of nitriles is 1. The predicted octanol–water partition coefficient (Wildman–Crippen LogP) is 3.61. The quantitative estimate of drug-likeness (QED) is 0.624. The van der Waals surface area contributed by atoms with E-state index in [1.165, 1.54) is 0 Å². The number of esters is 1. The molecule has 0 saturated heterocycles. The third-order valence-electron chi connectivity index (χ3n) is 3.34. The Hall–Kier alpha value is -2.80. The topological polar surface area (TPSA) is 53.3 Å². The van der Waals surface area contributed by atoms with E-state index in [1.54, 1.807) is 43.0 Å². The summed E-state index contributed by atoms with van der Waals surface area (Å²) in [5.41, 5.74) is 1.33. The van der Waals surface area contributed by atoms with Crippen LogP contribution in [0.3, 0.4) is 0 Å². The van der Waals surface area contributed by atoms with E-state index < -0.39 is 18.2 Å². The Morgan fingerprint density at radius 3 is 2.14 bits per heavy atom. The predicted molar refractivity (Wildman–Crippen MR) is 85.3 cm³/mol. The van der Waals surface area contributed by atoms with E-state index in [4.69, 9.17) is 4.74 Å². The SMILES string of the molecule is CC(C#N)N(c1ccccc1)C(C)OC(=O)c1ccccc1. The molecular formula is C18H18N2O2. The fourth-order valence-electron chi connectivity index (χ4n) is 2.26. The molecule has 2 rings (SSSR count). The Kier molecular flexibility index (Phi) is 5.16. The van der Waals surface area contributed by atoms with Gasteiger partial charge in [0.15, 0.2) is 6.23 Å². The average molecular weight is 294 g/mol. The van der Waals surface area contributed by atoms with Gasteiger partial charge in [0, 0.05) is 5.69 Å². The molecule has 0 aliphatic heterocycles. The van der Waals surface area contributed by atoms with Gasteiger partial charge >= 0.3 is 5.97 Å². The Balaban J connectivity index is 2.18. The third kappa shape index (κ3) is 3.64. The van der Waals surface area contributed by atoms with E-state index in [1.807, 2.05) is 36.4 Å². The summed E-state index contributed by atoms with van der Waals surface area (Å²) < 4.78 is 5.51. The van der Waals surface area contributed by atoms with E-state index in [2.05, 4.69) is 6.07 Å². The van der Waals surface area contributed by atoms with Crippen molar-refractivity contribution in [2.75, 3.05) is 4.90 Å². The van der Waals surface area contributed by atoms with Crippen LogP contribution in [0.5, 0.6) is 0 Å². The fourth-order valence-corrected chi connectivity index (χ4v) is 2.26. The van der Waals surface area contributed by atoms with Gasteiger partial charge in [-0.15, -0.1) is 0 Å². The zero-order valence-electron chi connectivity index (χ0n) is 12.6. The van der Waals surface area contributed by atoms with Gasteiger partial charge in [0.1, 0.15) is 6.04 Å². The molecule has 0 aromatic heterocycles. The first-order valence-electron chi connectivity index (χ1n) is 7.12. The zero-order chi connectivity index (χ0) is 15.9. The minimum Gasteiger partial charge on any atom is -0.438 e. The Morgan fingerprint density at radius 2 is 1.59 bits per heavy atom. The lowest BCUT2D eigenvalue weighted by atomic mass is 10.2. The van der Waals surface area contributed by atoms with Gasteiger partial charge in [0.25, 0.3) is 0 Å². The molecular weight excluding hydrogens is 276 g/mol. The molecule has 0 N–H and O–H groups in total. The lowest BCUT2D eigenvalue weighted by Crippen LogP contribution is -2.42. The van der Waals surface area contributed by atoms with Crippen molar-refractivity contribution in [1.29, 1.82) is 5.26 Å². The summed E-state index contributed by atoms with van der Waals surface area (Å²) in [6, 6.07) is 20.1. The maximum atomic E-state index is 12.2. The maximum absolute atomic E-state index is 12.2. The molecule has 0 spiro atoms. The number of nitrogens with zero attached hydrogens (tertiary/aromatic N) is 2. The standard InChI is InChI=1S/C18H18N2O2/c1-14(13-19)20(17-11-7-4-8-12-17)15(2)22-18(21)16-9-5-3-6-10-16/h3-12,14-15H,1-2H3. The van der Waals surface area contributed by atoms with Crippen LogP contribution in [-0.2, 0) is 4.74 Å². The molecule has 112 valence electrons. The number of anilines is 1. The van der Waals surface area contributed by atoms with Crippen LogP contribution in [0.4, 0.5) is 5.69 Å². The van der Waals surface area contributed by atoms with Crippen molar-refractivity contribution >= 4 is 11.7 Å². The highest BCUT2D eigenvalue weighted by Gasteiger charge is 2.23. The molecule has 2 atom stereocenters. The zero-order valence-corrected chi connectivity index (χ0v) is 12.6. The van der Waals surface area contributed by atoms with Crippen LogP contribution in [0, 0.1) is 11.3 Å². The molecule has 0 radical (unpaired) electrons. The fraction of sp³-hybridized carbons (Fsp3) is 0.222. The Morgan fingerprint density at radius 1 is 1.05 bits per heavy atom. The smallest absolute Gasteiger partial charge is 0.340 e. The van der Waals surface area contributed by atoms with Crippen LogP contribution in [0.1, 0.15) is 24.2 Å². The van der Waals surface area contributed by atoms with Crippen LogP contribution in [0.2, 0.25) is 0 Å². The molecule has 0 saturated carbocycles. The van der Waals surface area contributed by atoms with Crippen molar-refractivity contribution in [3.05, 3.63) is 66.2 Å². The molecule has 0 heterocycles. The second-order valence-electron chi connectivity index (χ2n) is 4.92. The van der Waals surface area contributed by atoms with Crippen molar-refractivity contribution in [1.82, 2.24) is 0 Å². The van der Waals surface area contributed by atoms with Gasteiger partial charge in [-0.05, 0) is 38.1 Å². The van der Waals surface area contributed by atoms with Gasteiger partial charge in [-0.25, -0.2) is 4.79 Å². The molecule has 0 amide bonds. The number of benzene rings is 2. The summed E-state index contributed by atoms with van der Waals surface area (Å²) >= 11 is 0. The van der Waals surface area contributed by atoms with E-state index >= 15 is 0 Å². The molecule has 2 unspecified atom stereocenters. The first kappa shape index (κ1) is 15.6. The summed E-state index contributed by atoms with van der Waals surface area (Å²) in [5, 5.41) is 9.23. The number of para-hydroxylation sites is 1. The third-order valence-corrected chi connectivity index (χ3v) is 3.34. The van der Waals surface area contributed by atoms with Crippen molar-refractivity contribution in [2.45, 2.75) is 26.1 Å². The van der Waals surface area contributed by atoms with Gasteiger partial charge in [-0.2, -0.15) is 5.26 Å². The highest BCUT2D eigenvalue weighted by Crippen LogP contribution is 2.21. The molecule has 4 nitrogen and oxygen atoms in total. The number of ether oxygens (including phenoxy) is 1. The number of carbonyl (C=O) groups is 1. The first-order valence-corrected chi connectivity index (χ1v) is 7.12. The monoisotopic (exact) mass is 294 g/mol. The van der Waals surface area contributed by atoms with Crippen molar-refractivity contribution in [3.63, 3.8) is 0 Å². The second-order valence-corrected chi connectivity index (χ2v) is 4.92. The minimum absolute atomic E-state index is 0.404. The van der Waals surface area contributed by atoms with Crippen molar-refractivity contribution < 1.29 is 9.53 Å². The normalized spacial score (nSPS) is 12.8. The molecule has 2 aromatic rings. The van der Waals surface area contributed by atoms with Crippen molar-refractivity contribution in [3.8, 4) is 6.07 Å². The summed E-state index contributed by atoms with van der Waals surface area (Å²) in [7, 11) is 0. The number of hydrogen-bond donors (Lipinski definition) is 0. The summed E-state index contributed by atoms with van der Waals surface area (Å²) in [6.07, 6.45) is -0.551. The lowest BCUT2D eigenvalue weighted by molar-refractivity contribution is 0.0327. The molecule has 2 aromatic carbocycles. The van der Waals surface area contributed by atoms with Gasteiger partial charge in [-0.3, -0.25) is 0 Å². The van der Waals surface area contributed by atoms with E-state index in [-0.39, 0.29) is 0 Å². The van der Waals surface area contributed by atoms with Crippen molar-refractivity contribution in [2.24, 2.45) is 0 Å². The molecule has 0 aliphatic rings. The molecule has 4 heteroatoms. The summed E-state index contributed by atoms with van der Waals surface area (Å²) in [5.74, 6) is -0.404. The summed E-state index contributed by atoms with van der Waals surface area (Å²) in [6.45, 7) is 3.54. The number of rotatable bonds is 5. The molecule has 0 aliphatic carbocycles. The minimum atomic E-state index is -0.551. The van der Waals surface area contributed by atoms with Crippen LogP contribution in [0.15, 0.2) is 60.7 Å². The Bertz CT molecular complexity index is 650. The van der Waals surface area contributed by atoms with Gasteiger partial charge < -0.3 is 9.64 Å². The molecule has 22 heavy (non-hydrogen) atoms. The van der Waals surface area contributed by atoms with Crippen LogP contribution < -0.4 is 4.90 Å².